The van der Waals surface area contributed by atoms with Gasteiger partial charge in [0, 0.05) is 24.7 Å². The molecule has 1 rings (SSSR count). The van der Waals surface area contributed by atoms with Crippen LogP contribution in [0.1, 0.15) is 18.6 Å². The van der Waals surface area contributed by atoms with Crippen LogP contribution < -0.4 is 5.84 Å². The van der Waals surface area contributed by atoms with Crippen molar-refractivity contribution in [3.05, 3.63) is 34.3 Å². The Hall–Kier alpha value is -0.420. The quantitative estimate of drug-likeness (QED) is 0.661. The van der Waals surface area contributed by atoms with Gasteiger partial charge in [-0.1, -0.05) is 35.0 Å². The van der Waals surface area contributed by atoms with Crippen molar-refractivity contribution in [2.45, 2.75) is 13.0 Å². The van der Waals surface area contributed by atoms with Crippen molar-refractivity contribution in [3.63, 3.8) is 0 Å². The number of likely N-dealkylation sites (N-methyl/N-ethyl adjacent to an activating group) is 1. The lowest BCUT2D eigenvalue weighted by atomic mass is 10.1. The van der Waals surface area contributed by atoms with E-state index in [0.29, 0.717) is 6.54 Å². The van der Waals surface area contributed by atoms with Gasteiger partial charge in [0.25, 0.3) is 0 Å². The molecule has 3 nitrogen and oxygen atoms in total. The molecule has 0 amide bonds. The molecule has 0 saturated heterocycles. The van der Waals surface area contributed by atoms with Gasteiger partial charge in [0.05, 0.1) is 6.10 Å². The average Bonchev–Trinajstić information content (AvgIpc) is 2.27. The third-order valence-electron chi connectivity index (χ3n) is 2.33. The Kier molecular flexibility index (Phi) is 5.25. The van der Waals surface area contributed by atoms with Gasteiger partial charge in [0.15, 0.2) is 0 Å². The minimum Gasteiger partial charge on any atom is -0.375 e. The molecule has 0 aliphatic carbocycles. The first kappa shape index (κ1) is 12.6. The second kappa shape index (κ2) is 6.23. The van der Waals surface area contributed by atoms with Crippen molar-refractivity contribution < 1.29 is 4.74 Å². The zero-order valence-corrected chi connectivity index (χ0v) is 10.7. The highest BCUT2D eigenvalue weighted by Crippen LogP contribution is 2.19. The number of rotatable bonds is 5. The summed E-state index contributed by atoms with van der Waals surface area (Å²) in [6.45, 7) is 3.54. The summed E-state index contributed by atoms with van der Waals surface area (Å²) in [4.78, 5) is 0. The topological polar surface area (TPSA) is 38.5 Å². The van der Waals surface area contributed by atoms with Gasteiger partial charge in [0.1, 0.15) is 0 Å². The zero-order valence-electron chi connectivity index (χ0n) is 9.11. The van der Waals surface area contributed by atoms with Crippen molar-refractivity contribution in [2.75, 3.05) is 20.2 Å². The van der Waals surface area contributed by atoms with E-state index >= 15 is 0 Å². The van der Waals surface area contributed by atoms with Gasteiger partial charge in [-0.05, 0) is 17.7 Å². The molecule has 0 saturated carbocycles. The summed E-state index contributed by atoms with van der Waals surface area (Å²) < 4.78 is 6.48. The fourth-order valence-corrected chi connectivity index (χ4v) is 1.60. The summed E-state index contributed by atoms with van der Waals surface area (Å²) in [5, 5.41) is 1.75. The zero-order chi connectivity index (χ0) is 11.3. The Balaban J connectivity index is 2.69. The van der Waals surface area contributed by atoms with Crippen molar-refractivity contribution >= 4 is 15.9 Å². The molecule has 15 heavy (non-hydrogen) atoms. The van der Waals surface area contributed by atoms with Gasteiger partial charge in [-0.25, -0.2) is 5.01 Å². The predicted octanol–water partition coefficient (Wildman–Crippen LogP) is 2.33. The lowest BCUT2D eigenvalue weighted by Crippen LogP contribution is -2.35. The predicted molar refractivity (Wildman–Crippen MR) is 65.3 cm³/mol. The number of halogens is 1. The van der Waals surface area contributed by atoms with Crippen molar-refractivity contribution in [3.8, 4) is 0 Å². The highest BCUT2D eigenvalue weighted by molar-refractivity contribution is 9.10. The Bertz CT molecular complexity index is 289. The van der Waals surface area contributed by atoms with E-state index in [0.717, 1.165) is 16.6 Å². The second-order valence-corrected chi connectivity index (χ2v) is 4.28. The minimum absolute atomic E-state index is 0.0306. The minimum atomic E-state index is 0.0306. The molecule has 1 unspecified atom stereocenters. The smallest absolute Gasteiger partial charge is 0.0961 e. The Morgan fingerprint density at radius 1 is 1.40 bits per heavy atom. The van der Waals surface area contributed by atoms with Gasteiger partial charge in [-0.2, -0.15) is 0 Å². The van der Waals surface area contributed by atoms with Crippen molar-refractivity contribution in [2.24, 2.45) is 5.84 Å². The number of methoxy groups -OCH3 is 1. The lowest BCUT2D eigenvalue weighted by Gasteiger charge is -2.21. The van der Waals surface area contributed by atoms with Gasteiger partial charge in [-0.15, -0.1) is 0 Å². The highest BCUT2D eigenvalue weighted by atomic mass is 79.9. The third-order valence-corrected chi connectivity index (χ3v) is 2.86. The number of nitrogens with zero attached hydrogens (tertiary/aromatic N) is 1. The molecule has 0 heterocycles. The van der Waals surface area contributed by atoms with Crippen LogP contribution in [-0.2, 0) is 4.74 Å². The molecule has 1 aromatic rings. The van der Waals surface area contributed by atoms with Gasteiger partial charge in [-0.3, -0.25) is 5.84 Å². The van der Waals surface area contributed by atoms with Crippen LogP contribution in [0, 0.1) is 0 Å². The van der Waals surface area contributed by atoms with Gasteiger partial charge < -0.3 is 4.74 Å². The standard InChI is InChI=1S/C11H17BrN2O/c1-3-14(13)8-11(15-2)9-4-6-10(12)7-5-9/h4-7,11H,3,8,13H2,1-2H3. The van der Waals surface area contributed by atoms with Crippen molar-refractivity contribution in [1.82, 2.24) is 5.01 Å². The molecule has 1 atom stereocenters. The maximum absolute atomic E-state index is 5.76. The summed E-state index contributed by atoms with van der Waals surface area (Å²) in [7, 11) is 1.70. The van der Waals surface area contributed by atoms with Crippen LogP contribution in [-0.4, -0.2) is 25.2 Å². The Labute approximate surface area is 99.3 Å². The van der Waals surface area contributed by atoms with E-state index in [1.165, 1.54) is 0 Å². The van der Waals surface area contributed by atoms with Gasteiger partial charge in [0.2, 0.25) is 0 Å². The van der Waals surface area contributed by atoms with Crippen LogP contribution in [0.25, 0.3) is 0 Å². The summed E-state index contributed by atoms with van der Waals surface area (Å²) in [6.07, 6.45) is 0.0306. The molecule has 0 aliphatic heterocycles. The second-order valence-electron chi connectivity index (χ2n) is 3.36. The summed E-state index contributed by atoms with van der Waals surface area (Å²) in [5.74, 6) is 5.76. The van der Waals surface area contributed by atoms with Crippen LogP contribution in [0.3, 0.4) is 0 Å². The van der Waals surface area contributed by atoms with Crippen LogP contribution in [0.4, 0.5) is 0 Å². The average molecular weight is 273 g/mol. The third kappa shape index (κ3) is 3.91. The fraction of sp³-hybridized carbons (Fsp3) is 0.455. The van der Waals surface area contributed by atoms with E-state index in [4.69, 9.17) is 10.6 Å². The first-order valence-electron chi connectivity index (χ1n) is 4.95. The molecule has 0 aromatic heterocycles. The number of hydrogen-bond donors (Lipinski definition) is 1. The molecule has 0 radical (unpaired) electrons. The molecule has 84 valence electrons. The molecule has 1 aromatic carbocycles. The SMILES string of the molecule is CCN(N)CC(OC)c1ccc(Br)cc1. The first-order chi connectivity index (χ1) is 7.17. The van der Waals surface area contributed by atoms with E-state index in [9.17, 15) is 0 Å². The lowest BCUT2D eigenvalue weighted by molar-refractivity contribution is 0.0652. The molecule has 0 spiro atoms. The first-order valence-corrected chi connectivity index (χ1v) is 5.74. The summed E-state index contributed by atoms with van der Waals surface area (Å²) >= 11 is 3.41. The van der Waals surface area contributed by atoms with Crippen molar-refractivity contribution in [1.29, 1.82) is 0 Å². The number of nitrogens with two attached hydrogens (primary N) is 1. The molecule has 2 N–H and O–H groups in total. The largest absolute Gasteiger partial charge is 0.375 e. The van der Waals surface area contributed by atoms with E-state index in [1.54, 1.807) is 12.1 Å². The molecule has 4 heteroatoms. The van der Waals surface area contributed by atoms with Crippen LogP contribution in [0.5, 0.6) is 0 Å². The molecule has 0 aliphatic rings. The van der Waals surface area contributed by atoms with E-state index in [-0.39, 0.29) is 6.10 Å². The van der Waals surface area contributed by atoms with Crippen LogP contribution in [0.15, 0.2) is 28.7 Å². The Morgan fingerprint density at radius 3 is 2.47 bits per heavy atom. The number of hydrogen-bond acceptors (Lipinski definition) is 3. The van der Waals surface area contributed by atoms with Crippen LogP contribution in [0.2, 0.25) is 0 Å². The normalized spacial score (nSPS) is 13.1. The monoisotopic (exact) mass is 272 g/mol. The molecular weight excluding hydrogens is 256 g/mol. The van der Waals surface area contributed by atoms with E-state index in [1.807, 2.05) is 31.2 Å². The summed E-state index contributed by atoms with van der Waals surface area (Å²) in [6, 6.07) is 8.10. The fourth-order valence-electron chi connectivity index (χ4n) is 1.34. The maximum atomic E-state index is 5.76. The van der Waals surface area contributed by atoms with Gasteiger partial charge >= 0.3 is 0 Å². The number of ether oxygens (including phenoxy) is 1. The summed E-state index contributed by atoms with van der Waals surface area (Å²) in [5.41, 5.74) is 1.14. The van der Waals surface area contributed by atoms with Crippen LogP contribution >= 0.6 is 15.9 Å². The van der Waals surface area contributed by atoms with E-state index < -0.39 is 0 Å². The number of hydrazine groups is 1. The molecule has 0 bridgehead atoms. The Morgan fingerprint density at radius 2 is 2.00 bits per heavy atom. The highest BCUT2D eigenvalue weighted by Gasteiger charge is 2.12. The number of benzene rings is 1. The van der Waals surface area contributed by atoms with E-state index in [2.05, 4.69) is 15.9 Å². The molecular formula is C11H17BrN2O. The maximum Gasteiger partial charge on any atom is 0.0961 e. The molecule has 0 fully saturated rings.